The molecule has 1 aliphatic heterocycles. The van der Waals surface area contributed by atoms with E-state index in [-0.39, 0.29) is 0 Å². The number of carboxylic acid groups (broad SMARTS) is 1. The van der Waals surface area contributed by atoms with Gasteiger partial charge in [-0.15, -0.1) is 0 Å². The maximum atomic E-state index is 11.2. The van der Waals surface area contributed by atoms with Gasteiger partial charge in [0.05, 0.1) is 6.61 Å². The van der Waals surface area contributed by atoms with Crippen LogP contribution in [-0.4, -0.2) is 44.2 Å². The first kappa shape index (κ1) is 25.6. The smallest absolute Gasteiger partial charge is 0.491 e. The molecule has 0 aliphatic carbocycles. The van der Waals surface area contributed by atoms with Gasteiger partial charge in [0.2, 0.25) is 0 Å². The Balaban J connectivity index is 1.78. The van der Waals surface area contributed by atoms with Crippen LogP contribution in [0.2, 0.25) is 0 Å². The predicted molar refractivity (Wildman–Crippen MR) is 136 cm³/mol. The highest BCUT2D eigenvalue weighted by molar-refractivity contribution is 5.77. The van der Waals surface area contributed by atoms with Gasteiger partial charge < -0.3 is 24.2 Å². The Morgan fingerprint density at radius 1 is 1.06 bits per heavy atom. The van der Waals surface area contributed by atoms with Gasteiger partial charge in [-0.2, -0.15) is 0 Å². The summed E-state index contributed by atoms with van der Waals surface area (Å²) in [5.74, 6) is 1.82. The van der Waals surface area contributed by atoms with Crippen molar-refractivity contribution in [2.45, 2.75) is 46.5 Å². The highest BCUT2D eigenvalue weighted by Gasteiger charge is 2.18. The fourth-order valence-electron chi connectivity index (χ4n) is 4.08. The van der Waals surface area contributed by atoms with Gasteiger partial charge in [0.15, 0.2) is 0 Å². The molecule has 184 valence electrons. The van der Waals surface area contributed by atoms with Gasteiger partial charge in [0, 0.05) is 37.4 Å². The first-order valence-corrected chi connectivity index (χ1v) is 12.3. The van der Waals surface area contributed by atoms with E-state index in [1.165, 1.54) is 0 Å². The third-order valence-electron chi connectivity index (χ3n) is 5.67. The van der Waals surface area contributed by atoms with Gasteiger partial charge in [-0.25, -0.2) is 4.79 Å². The molecule has 6 heteroatoms. The van der Waals surface area contributed by atoms with Gasteiger partial charge in [-0.3, -0.25) is 0 Å². The highest BCUT2D eigenvalue weighted by Crippen LogP contribution is 2.33. The van der Waals surface area contributed by atoms with Crippen LogP contribution in [0.1, 0.15) is 52.0 Å². The summed E-state index contributed by atoms with van der Waals surface area (Å²) in [7, 11) is 0. The molecule has 1 heterocycles. The molecular formula is C28H37NO5. The minimum atomic E-state index is -1.27. The van der Waals surface area contributed by atoms with E-state index >= 15 is 0 Å². The number of nitrogens with zero attached hydrogens (tertiary/aromatic N) is 1. The van der Waals surface area contributed by atoms with Crippen molar-refractivity contribution in [2.75, 3.05) is 37.8 Å². The summed E-state index contributed by atoms with van der Waals surface area (Å²) in [6.07, 6.45) is 4.25. The predicted octanol–water partition coefficient (Wildman–Crippen LogP) is 6.84. The number of ether oxygens (including phenoxy) is 3. The zero-order valence-electron chi connectivity index (χ0n) is 20.6. The normalized spacial score (nSPS) is 15.2. The lowest BCUT2D eigenvalue weighted by Crippen LogP contribution is -2.30. The molecule has 0 bridgehead atoms. The molecule has 0 saturated carbocycles. The Hall–Kier alpha value is -2.99. The van der Waals surface area contributed by atoms with Gasteiger partial charge >= 0.3 is 6.16 Å². The molecule has 0 fully saturated rings. The number of unbranched alkanes of at least 4 members (excludes halogenated alkanes) is 1. The maximum Gasteiger partial charge on any atom is 0.511 e. The van der Waals surface area contributed by atoms with Crippen molar-refractivity contribution < 1.29 is 24.1 Å². The number of anilines is 1. The van der Waals surface area contributed by atoms with Gasteiger partial charge in [-0.05, 0) is 60.2 Å². The average Bonchev–Trinajstić information content (AvgIpc) is 2.79. The molecule has 0 radical (unpaired) electrons. The minimum absolute atomic E-state index is 0.486. The summed E-state index contributed by atoms with van der Waals surface area (Å²) in [5.41, 5.74) is 4.20. The van der Waals surface area contributed by atoms with E-state index in [4.69, 9.17) is 19.3 Å². The summed E-state index contributed by atoms with van der Waals surface area (Å²) >= 11 is 0. The molecule has 0 amide bonds. The van der Waals surface area contributed by atoms with E-state index < -0.39 is 6.16 Å². The zero-order chi connectivity index (χ0) is 24.3. The summed E-state index contributed by atoms with van der Waals surface area (Å²) in [6, 6.07) is 14.4. The molecule has 2 aromatic rings. The zero-order valence-corrected chi connectivity index (χ0v) is 20.6. The first-order valence-electron chi connectivity index (χ1n) is 12.3. The van der Waals surface area contributed by atoms with E-state index in [1.807, 2.05) is 30.3 Å². The second-order valence-electron chi connectivity index (χ2n) is 9.03. The Kier molecular flexibility index (Phi) is 9.83. The fourth-order valence-corrected chi connectivity index (χ4v) is 4.08. The third-order valence-corrected chi connectivity index (χ3v) is 5.67. The SMILES string of the molecule is CCCCOCCOc1ccc(-c2ccc3c(c2)/C=C(/OC(=O)O)CCCN3CC(C)C)cc1. The van der Waals surface area contributed by atoms with Crippen LogP contribution in [-0.2, 0) is 9.47 Å². The number of carbonyl (C=O) groups is 1. The molecule has 0 aromatic heterocycles. The fraction of sp³-hybridized carbons (Fsp3) is 0.464. The van der Waals surface area contributed by atoms with Crippen LogP contribution in [0.4, 0.5) is 10.5 Å². The van der Waals surface area contributed by atoms with Crippen molar-refractivity contribution in [2.24, 2.45) is 5.92 Å². The average molecular weight is 468 g/mol. The number of fused-ring (bicyclic) bond motifs is 1. The number of hydrogen-bond acceptors (Lipinski definition) is 5. The van der Waals surface area contributed by atoms with Crippen molar-refractivity contribution in [1.82, 2.24) is 0 Å². The lowest BCUT2D eigenvalue weighted by Gasteiger charge is -2.30. The van der Waals surface area contributed by atoms with E-state index in [0.29, 0.717) is 31.3 Å². The molecular weight excluding hydrogens is 430 g/mol. The van der Waals surface area contributed by atoms with Crippen LogP contribution in [0.25, 0.3) is 17.2 Å². The minimum Gasteiger partial charge on any atom is -0.491 e. The Bertz CT molecular complexity index is 952. The van der Waals surface area contributed by atoms with E-state index in [9.17, 15) is 4.79 Å². The van der Waals surface area contributed by atoms with E-state index in [0.717, 1.165) is 67.1 Å². The van der Waals surface area contributed by atoms with Crippen LogP contribution in [0.3, 0.4) is 0 Å². The summed E-state index contributed by atoms with van der Waals surface area (Å²) < 4.78 is 16.4. The van der Waals surface area contributed by atoms with Crippen LogP contribution in [0, 0.1) is 5.92 Å². The Labute approximate surface area is 203 Å². The summed E-state index contributed by atoms with van der Waals surface area (Å²) in [6.45, 7) is 10.3. The molecule has 1 N–H and O–H groups in total. The number of hydrogen-bond donors (Lipinski definition) is 1. The Morgan fingerprint density at radius 2 is 1.82 bits per heavy atom. The van der Waals surface area contributed by atoms with Crippen LogP contribution >= 0.6 is 0 Å². The summed E-state index contributed by atoms with van der Waals surface area (Å²) in [4.78, 5) is 13.5. The van der Waals surface area contributed by atoms with Crippen molar-refractivity contribution in [3.8, 4) is 16.9 Å². The molecule has 0 unspecified atom stereocenters. The van der Waals surface area contributed by atoms with E-state index in [2.05, 4.69) is 43.9 Å². The lowest BCUT2D eigenvalue weighted by molar-refractivity contribution is 0.0981. The number of rotatable bonds is 11. The molecule has 0 saturated heterocycles. The van der Waals surface area contributed by atoms with Crippen molar-refractivity contribution in [3.63, 3.8) is 0 Å². The van der Waals surface area contributed by atoms with Crippen LogP contribution < -0.4 is 9.64 Å². The van der Waals surface area contributed by atoms with Crippen molar-refractivity contribution in [1.29, 1.82) is 0 Å². The second kappa shape index (κ2) is 13.0. The molecule has 0 atom stereocenters. The third kappa shape index (κ3) is 7.80. The van der Waals surface area contributed by atoms with Crippen LogP contribution in [0.15, 0.2) is 48.2 Å². The van der Waals surface area contributed by atoms with Crippen molar-refractivity contribution >= 4 is 17.9 Å². The number of benzene rings is 2. The topological polar surface area (TPSA) is 68.2 Å². The first-order chi connectivity index (χ1) is 16.5. The van der Waals surface area contributed by atoms with E-state index in [1.54, 1.807) is 0 Å². The monoisotopic (exact) mass is 467 g/mol. The van der Waals surface area contributed by atoms with Crippen LogP contribution in [0.5, 0.6) is 5.75 Å². The molecule has 2 aromatic carbocycles. The largest absolute Gasteiger partial charge is 0.511 e. The maximum absolute atomic E-state index is 11.2. The van der Waals surface area contributed by atoms with Gasteiger partial charge in [-0.1, -0.05) is 45.4 Å². The van der Waals surface area contributed by atoms with Gasteiger partial charge in [0.1, 0.15) is 18.1 Å². The molecule has 0 spiro atoms. The standard InChI is InChI=1S/C28H37NO5/c1-4-5-15-32-16-17-33-25-11-8-22(9-12-25)23-10-13-27-24(18-23)19-26(34-28(30)31)7-6-14-29(27)20-21(2)3/h8-13,18-19,21H,4-7,14-17,20H2,1-3H3,(H,30,31)/b26-19+. The lowest BCUT2D eigenvalue weighted by atomic mass is 9.98. The second-order valence-corrected chi connectivity index (χ2v) is 9.03. The molecule has 34 heavy (non-hydrogen) atoms. The van der Waals surface area contributed by atoms with Gasteiger partial charge in [0.25, 0.3) is 0 Å². The molecule has 3 rings (SSSR count). The highest BCUT2D eigenvalue weighted by atomic mass is 16.7. The molecule has 6 nitrogen and oxygen atoms in total. The summed E-state index contributed by atoms with van der Waals surface area (Å²) in [5, 5.41) is 9.13. The Morgan fingerprint density at radius 3 is 2.53 bits per heavy atom. The molecule has 1 aliphatic rings. The quantitative estimate of drug-likeness (QED) is 0.288. The number of allylic oxidation sites excluding steroid dienone is 1. The van der Waals surface area contributed by atoms with Crippen molar-refractivity contribution in [3.05, 3.63) is 53.8 Å².